The largest absolute Gasteiger partial charge is 0.469 e. The summed E-state index contributed by atoms with van der Waals surface area (Å²) in [6.45, 7) is -0.0651. The van der Waals surface area contributed by atoms with Crippen molar-refractivity contribution in [1.82, 2.24) is 4.31 Å². The Balaban J connectivity index is 2.70. The van der Waals surface area contributed by atoms with Crippen LogP contribution < -0.4 is 0 Å². The lowest BCUT2D eigenvalue weighted by atomic mass is 10.2. The third-order valence-electron chi connectivity index (χ3n) is 2.85. The summed E-state index contributed by atoms with van der Waals surface area (Å²) in [7, 11) is -2.33. The molecule has 114 valence electrons. The van der Waals surface area contributed by atoms with Crippen LogP contribution in [-0.4, -0.2) is 38.1 Å². The molecule has 7 heteroatoms. The topological polar surface area (TPSA) is 87.5 Å². The first-order valence-corrected chi connectivity index (χ1v) is 8.06. The molecule has 1 aromatic carbocycles. The first-order chi connectivity index (χ1) is 9.99. The molecule has 0 fully saturated rings. The van der Waals surface area contributed by atoms with Crippen molar-refractivity contribution in [3.63, 3.8) is 0 Å². The number of nitriles is 1. The minimum absolute atomic E-state index is 0.0431. The average molecular weight is 310 g/mol. The molecule has 0 radical (unpaired) electrons. The van der Waals surface area contributed by atoms with E-state index in [4.69, 9.17) is 5.26 Å². The van der Waals surface area contributed by atoms with Crippen LogP contribution in [0.2, 0.25) is 0 Å². The highest BCUT2D eigenvalue weighted by Crippen LogP contribution is 2.11. The molecule has 0 aliphatic heterocycles. The highest BCUT2D eigenvalue weighted by Gasteiger charge is 2.22. The number of carbonyl (C=O) groups excluding carboxylic acids is 1. The van der Waals surface area contributed by atoms with E-state index in [-0.39, 0.29) is 31.7 Å². The van der Waals surface area contributed by atoms with Crippen molar-refractivity contribution in [1.29, 1.82) is 5.26 Å². The number of benzene rings is 1. The molecule has 0 N–H and O–H groups in total. The van der Waals surface area contributed by atoms with Crippen molar-refractivity contribution in [2.75, 3.05) is 19.4 Å². The van der Waals surface area contributed by atoms with Gasteiger partial charge in [0.25, 0.3) is 0 Å². The van der Waals surface area contributed by atoms with Crippen molar-refractivity contribution >= 4 is 16.0 Å². The number of sulfonamides is 1. The Labute approximate surface area is 125 Å². The van der Waals surface area contributed by atoms with Crippen LogP contribution in [0, 0.1) is 11.3 Å². The van der Waals surface area contributed by atoms with Gasteiger partial charge in [-0.2, -0.15) is 9.57 Å². The SMILES string of the molecule is COC(=O)CCCS(=O)(=O)N(CC#N)Cc1ccccc1. The fourth-order valence-corrected chi connectivity index (χ4v) is 3.12. The molecule has 0 heterocycles. The number of carbonyl (C=O) groups is 1. The van der Waals surface area contributed by atoms with Crippen molar-refractivity contribution in [2.45, 2.75) is 19.4 Å². The molecule has 1 rings (SSSR count). The predicted molar refractivity (Wildman–Crippen MR) is 77.5 cm³/mol. The van der Waals surface area contributed by atoms with Gasteiger partial charge in [0.15, 0.2) is 0 Å². The Morgan fingerprint density at radius 2 is 2.00 bits per heavy atom. The van der Waals surface area contributed by atoms with Gasteiger partial charge in [0.2, 0.25) is 10.0 Å². The molecular weight excluding hydrogens is 292 g/mol. The van der Waals surface area contributed by atoms with E-state index in [0.717, 1.165) is 9.87 Å². The average Bonchev–Trinajstić information content (AvgIpc) is 2.47. The van der Waals surface area contributed by atoms with Gasteiger partial charge in [0.05, 0.1) is 18.9 Å². The fourth-order valence-electron chi connectivity index (χ4n) is 1.75. The number of hydrogen-bond donors (Lipinski definition) is 0. The van der Waals surface area contributed by atoms with Crippen molar-refractivity contribution in [2.24, 2.45) is 0 Å². The zero-order valence-corrected chi connectivity index (χ0v) is 12.7. The Morgan fingerprint density at radius 1 is 1.33 bits per heavy atom. The summed E-state index contributed by atoms with van der Waals surface area (Å²) in [5.74, 6) is -0.628. The molecular formula is C14H18N2O4S. The maximum absolute atomic E-state index is 12.2. The van der Waals surface area contributed by atoms with Crippen LogP contribution in [0.3, 0.4) is 0 Å². The zero-order valence-electron chi connectivity index (χ0n) is 11.9. The van der Waals surface area contributed by atoms with Gasteiger partial charge in [-0.25, -0.2) is 8.42 Å². The van der Waals surface area contributed by atoms with Crippen molar-refractivity contribution < 1.29 is 17.9 Å². The molecule has 0 unspecified atom stereocenters. The molecule has 6 nitrogen and oxygen atoms in total. The van der Waals surface area contributed by atoms with E-state index in [0.29, 0.717) is 0 Å². The Bertz CT molecular complexity index is 593. The predicted octanol–water partition coefficient (Wildman–Crippen LogP) is 1.30. The molecule has 0 amide bonds. The molecule has 1 aromatic rings. The van der Waals surface area contributed by atoms with E-state index in [1.54, 1.807) is 12.1 Å². The summed E-state index contributed by atoms with van der Waals surface area (Å²) in [6.07, 6.45) is 0.215. The quantitative estimate of drug-likeness (QED) is 0.533. The number of ether oxygens (including phenoxy) is 1. The van der Waals surface area contributed by atoms with Crippen LogP contribution in [0.1, 0.15) is 18.4 Å². The van der Waals surface area contributed by atoms with E-state index < -0.39 is 16.0 Å². The minimum Gasteiger partial charge on any atom is -0.469 e. The summed E-state index contributed by atoms with van der Waals surface area (Å²) in [4.78, 5) is 11.0. The van der Waals surface area contributed by atoms with Crippen molar-refractivity contribution in [3.8, 4) is 6.07 Å². The van der Waals surface area contributed by atoms with Gasteiger partial charge in [-0.3, -0.25) is 4.79 Å². The molecule has 0 saturated heterocycles. The molecule has 0 aliphatic carbocycles. The maximum Gasteiger partial charge on any atom is 0.305 e. The van der Waals surface area contributed by atoms with Gasteiger partial charge >= 0.3 is 5.97 Å². The lowest BCUT2D eigenvalue weighted by Gasteiger charge is -2.19. The maximum atomic E-state index is 12.2. The third kappa shape index (κ3) is 5.94. The van der Waals surface area contributed by atoms with Gasteiger partial charge in [-0.05, 0) is 12.0 Å². The van der Waals surface area contributed by atoms with Crippen LogP contribution >= 0.6 is 0 Å². The summed E-state index contributed by atoms with van der Waals surface area (Å²) in [5, 5.41) is 8.80. The number of hydrogen-bond acceptors (Lipinski definition) is 5. The first-order valence-electron chi connectivity index (χ1n) is 6.45. The lowest BCUT2D eigenvalue weighted by molar-refractivity contribution is -0.140. The molecule has 0 aliphatic rings. The van der Waals surface area contributed by atoms with Gasteiger partial charge in [-0.1, -0.05) is 30.3 Å². The van der Waals surface area contributed by atoms with Crippen LogP contribution in [0.15, 0.2) is 30.3 Å². The molecule has 0 saturated carbocycles. The Kier molecular flexibility index (Phi) is 6.85. The molecule has 0 atom stereocenters. The lowest BCUT2D eigenvalue weighted by Crippen LogP contribution is -2.33. The minimum atomic E-state index is -3.58. The normalized spacial score (nSPS) is 11.1. The Hall–Kier alpha value is -1.91. The summed E-state index contributed by atoms with van der Waals surface area (Å²) in [6, 6.07) is 10.9. The third-order valence-corrected chi connectivity index (χ3v) is 4.70. The zero-order chi connectivity index (χ0) is 15.7. The number of methoxy groups -OCH3 is 1. The summed E-state index contributed by atoms with van der Waals surface area (Å²) >= 11 is 0. The molecule has 0 aromatic heterocycles. The summed E-state index contributed by atoms with van der Waals surface area (Å²) in [5.41, 5.74) is 0.810. The van der Waals surface area contributed by atoms with Gasteiger partial charge < -0.3 is 4.74 Å². The molecule has 0 spiro atoms. The first kappa shape index (κ1) is 17.1. The van der Waals surface area contributed by atoms with Crippen molar-refractivity contribution in [3.05, 3.63) is 35.9 Å². The highest BCUT2D eigenvalue weighted by atomic mass is 32.2. The van der Waals surface area contributed by atoms with E-state index in [1.807, 2.05) is 24.3 Å². The smallest absolute Gasteiger partial charge is 0.305 e. The fraction of sp³-hybridized carbons (Fsp3) is 0.429. The number of rotatable bonds is 8. The van der Waals surface area contributed by atoms with Gasteiger partial charge in [-0.15, -0.1) is 0 Å². The van der Waals surface area contributed by atoms with E-state index in [1.165, 1.54) is 7.11 Å². The van der Waals surface area contributed by atoms with E-state index in [9.17, 15) is 13.2 Å². The highest BCUT2D eigenvalue weighted by molar-refractivity contribution is 7.89. The van der Waals surface area contributed by atoms with Gasteiger partial charge in [0, 0.05) is 13.0 Å². The molecule has 21 heavy (non-hydrogen) atoms. The summed E-state index contributed by atoms with van der Waals surface area (Å²) < 4.78 is 30.0. The van der Waals surface area contributed by atoms with Crippen LogP contribution in [-0.2, 0) is 26.1 Å². The molecule has 0 bridgehead atoms. The number of esters is 1. The number of nitrogens with zero attached hydrogens (tertiary/aromatic N) is 2. The van der Waals surface area contributed by atoms with Gasteiger partial charge in [0.1, 0.15) is 6.54 Å². The van der Waals surface area contributed by atoms with E-state index >= 15 is 0 Å². The second-order valence-corrected chi connectivity index (χ2v) is 6.50. The Morgan fingerprint density at radius 3 is 2.57 bits per heavy atom. The van der Waals surface area contributed by atoms with Crippen LogP contribution in [0.5, 0.6) is 0 Å². The second kappa shape index (κ2) is 8.39. The second-order valence-electron chi connectivity index (χ2n) is 4.41. The van der Waals surface area contributed by atoms with Crippen LogP contribution in [0.25, 0.3) is 0 Å². The monoisotopic (exact) mass is 310 g/mol. The van der Waals surface area contributed by atoms with E-state index in [2.05, 4.69) is 4.74 Å². The standard InChI is InChI=1S/C14H18N2O4S/c1-20-14(17)8-5-11-21(18,19)16(10-9-15)12-13-6-3-2-4-7-13/h2-4,6-7H,5,8,10-12H2,1H3. The van der Waals surface area contributed by atoms with Crippen LogP contribution in [0.4, 0.5) is 0 Å².